The third-order valence-corrected chi connectivity index (χ3v) is 5.83. The molecule has 8 heteroatoms. The van der Waals surface area contributed by atoms with Crippen LogP contribution in [-0.2, 0) is 6.54 Å². The maximum atomic E-state index is 6.38. The summed E-state index contributed by atoms with van der Waals surface area (Å²) in [5, 5.41) is 11.9. The van der Waals surface area contributed by atoms with Crippen LogP contribution in [0.2, 0.25) is 10.0 Å². The second kappa shape index (κ2) is 8.61. The third-order valence-electron chi connectivity index (χ3n) is 5.23. The van der Waals surface area contributed by atoms with Gasteiger partial charge in [-0.15, -0.1) is 0 Å². The van der Waals surface area contributed by atoms with E-state index in [1.807, 2.05) is 18.2 Å². The minimum absolute atomic E-state index is 0.579. The van der Waals surface area contributed by atoms with Gasteiger partial charge in [0, 0.05) is 48.0 Å². The van der Waals surface area contributed by atoms with E-state index in [9.17, 15) is 0 Å². The van der Waals surface area contributed by atoms with Crippen molar-refractivity contribution in [3.8, 4) is 0 Å². The van der Waals surface area contributed by atoms with Crippen LogP contribution in [0.4, 0.5) is 0 Å². The lowest BCUT2D eigenvalue weighted by molar-refractivity contribution is 0.305. The van der Waals surface area contributed by atoms with Crippen LogP contribution in [0, 0.1) is 0 Å². The number of benzene rings is 1. The van der Waals surface area contributed by atoms with Crippen molar-refractivity contribution in [2.45, 2.75) is 25.4 Å². The molecule has 0 saturated carbocycles. The quantitative estimate of drug-likeness (QED) is 0.512. The standard InChI is InChI=1S/C19H26Cl2N6/c20-14-1-2-17(21)13(9-14)12-27-8-7-23-19-18(27)10-16(25-26-19)11-24-15-3-5-22-6-4-15/h1-2,9-10,15,22-26H,3-8,11-12H2. The zero-order valence-corrected chi connectivity index (χ0v) is 16.8. The van der Waals surface area contributed by atoms with E-state index in [1.54, 1.807) is 0 Å². The molecule has 6 nitrogen and oxygen atoms in total. The molecular weight excluding hydrogens is 383 g/mol. The van der Waals surface area contributed by atoms with Gasteiger partial charge in [-0.2, -0.15) is 0 Å². The number of hydrogen-bond donors (Lipinski definition) is 5. The first-order chi connectivity index (χ1) is 13.2. The molecule has 3 heterocycles. The fraction of sp³-hybridized carbons (Fsp3) is 0.474. The molecule has 0 atom stereocenters. The van der Waals surface area contributed by atoms with Crippen LogP contribution < -0.4 is 26.8 Å². The highest BCUT2D eigenvalue weighted by Crippen LogP contribution is 2.25. The van der Waals surface area contributed by atoms with E-state index in [0.29, 0.717) is 11.1 Å². The van der Waals surface area contributed by atoms with Crippen LogP contribution >= 0.6 is 23.2 Å². The summed E-state index contributed by atoms with van der Waals surface area (Å²) in [5.74, 6) is 1.00. The first-order valence-corrected chi connectivity index (χ1v) is 10.3. The van der Waals surface area contributed by atoms with Crippen LogP contribution in [0.5, 0.6) is 0 Å². The van der Waals surface area contributed by atoms with Crippen LogP contribution in [0.15, 0.2) is 41.5 Å². The predicted octanol–water partition coefficient (Wildman–Crippen LogP) is 1.90. The molecule has 1 saturated heterocycles. The van der Waals surface area contributed by atoms with Crippen molar-refractivity contribution in [2.75, 3.05) is 32.7 Å². The molecule has 146 valence electrons. The SMILES string of the molecule is Clc1ccc(Cl)c(CN2CCNC3=C2C=C(CNC2CCNCC2)NN3)c1. The maximum Gasteiger partial charge on any atom is 0.142 e. The second-order valence-electron chi connectivity index (χ2n) is 7.17. The van der Waals surface area contributed by atoms with Crippen molar-refractivity contribution in [3.05, 3.63) is 57.1 Å². The Morgan fingerprint density at radius 3 is 2.81 bits per heavy atom. The smallest absolute Gasteiger partial charge is 0.142 e. The fourth-order valence-corrected chi connectivity index (χ4v) is 4.08. The van der Waals surface area contributed by atoms with Gasteiger partial charge in [-0.3, -0.25) is 5.43 Å². The first-order valence-electron chi connectivity index (χ1n) is 9.53. The van der Waals surface area contributed by atoms with E-state index >= 15 is 0 Å². The topological polar surface area (TPSA) is 63.4 Å². The van der Waals surface area contributed by atoms with Gasteiger partial charge in [0.25, 0.3) is 0 Å². The molecule has 3 aliphatic rings. The summed E-state index contributed by atoms with van der Waals surface area (Å²) in [6, 6.07) is 6.22. The van der Waals surface area contributed by atoms with E-state index in [0.717, 1.165) is 67.1 Å². The Labute approximate surface area is 170 Å². The molecule has 1 aromatic carbocycles. The predicted molar refractivity (Wildman–Crippen MR) is 110 cm³/mol. The number of hydrogen-bond acceptors (Lipinski definition) is 6. The van der Waals surface area contributed by atoms with Crippen molar-refractivity contribution in [1.82, 2.24) is 31.7 Å². The van der Waals surface area contributed by atoms with Crippen molar-refractivity contribution in [2.24, 2.45) is 0 Å². The minimum Gasteiger partial charge on any atom is -0.367 e. The Morgan fingerprint density at radius 2 is 1.96 bits per heavy atom. The maximum absolute atomic E-state index is 6.38. The summed E-state index contributed by atoms with van der Waals surface area (Å²) in [4.78, 5) is 2.34. The van der Waals surface area contributed by atoms with Gasteiger partial charge in [-0.25, -0.2) is 0 Å². The lowest BCUT2D eigenvalue weighted by Gasteiger charge is -2.37. The number of allylic oxidation sites excluding steroid dienone is 1. The summed E-state index contributed by atoms with van der Waals surface area (Å²) < 4.78 is 0. The van der Waals surface area contributed by atoms with E-state index in [4.69, 9.17) is 23.2 Å². The van der Waals surface area contributed by atoms with Crippen LogP contribution in [0.25, 0.3) is 0 Å². The Kier molecular flexibility index (Phi) is 5.98. The summed E-state index contributed by atoms with van der Waals surface area (Å²) >= 11 is 12.5. The molecule has 0 spiro atoms. The van der Waals surface area contributed by atoms with Gasteiger partial charge in [-0.1, -0.05) is 23.2 Å². The van der Waals surface area contributed by atoms with E-state index < -0.39 is 0 Å². The molecule has 3 aliphatic heterocycles. The molecule has 0 aliphatic carbocycles. The van der Waals surface area contributed by atoms with Gasteiger partial charge >= 0.3 is 0 Å². The molecule has 0 aromatic heterocycles. The summed E-state index contributed by atoms with van der Waals surface area (Å²) in [6.07, 6.45) is 4.57. The van der Waals surface area contributed by atoms with Crippen LogP contribution in [0.3, 0.4) is 0 Å². The van der Waals surface area contributed by atoms with Crippen molar-refractivity contribution >= 4 is 23.2 Å². The van der Waals surface area contributed by atoms with Gasteiger partial charge in [0.2, 0.25) is 0 Å². The second-order valence-corrected chi connectivity index (χ2v) is 8.01. The van der Waals surface area contributed by atoms with Gasteiger partial charge in [-0.05, 0) is 55.8 Å². The van der Waals surface area contributed by atoms with E-state index in [2.05, 4.69) is 37.8 Å². The van der Waals surface area contributed by atoms with Crippen molar-refractivity contribution < 1.29 is 0 Å². The van der Waals surface area contributed by atoms with Gasteiger partial charge in [0.15, 0.2) is 0 Å². The number of rotatable bonds is 5. The Bertz CT molecular complexity index is 742. The average Bonchev–Trinajstić information content (AvgIpc) is 2.70. The van der Waals surface area contributed by atoms with Gasteiger partial charge < -0.3 is 26.3 Å². The Balaban J connectivity index is 1.46. The summed E-state index contributed by atoms with van der Waals surface area (Å²) in [7, 11) is 0. The van der Waals surface area contributed by atoms with Gasteiger partial charge in [0.05, 0.1) is 5.70 Å². The highest BCUT2D eigenvalue weighted by atomic mass is 35.5. The highest BCUT2D eigenvalue weighted by Gasteiger charge is 2.23. The highest BCUT2D eigenvalue weighted by molar-refractivity contribution is 6.33. The molecule has 0 radical (unpaired) electrons. The number of nitrogens with zero attached hydrogens (tertiary/aromatic N) is 1. The molecule has 0 bridgehead atoms. The van der Waals surface area contributed by atoms with Crippen molar-refractivity contribution in [3.63, 3.8) is 0 Å². The van der Waals surface area contributed by atoms with Crippen LogP contribution in [-0.4, -0.2) is 43.7 Å². The lowest BCUT2D eigenvalue weighted by Crippen LogP contribution is -2.50. The summed E-state index contributed by atoms with van der Waals surface area (Å²) in [6.45, 7) is 5.52. The number of piperidine rings is 1. The summed E-state index contributed by atoms with van der Waals surface area (Å²) in [5.41, 5.74) is 9.93. The largest absolute Gasteiger partial charge is 0.367 e. The average molecular weight is 409 g/mol. The Hall–Kier alpha value is -1.60. The molecule has 4 rings (SSSR count). The fourth-order valence-electron chi connectivity index (χ4n) is 3.71. The number of nitrogens with one attached hydrogen (secondary N) is 5. The zero-order valence-electron chi connectivity index (χ0n) is 15.2. The minimum atomic E-state index is 0.579. The number of halogens is 2. The molecule has 27 heavy (non-hydrogen) atoms. The Morgan fingerprint density at radius 1 is 1.11 bits per heavy atom. The molecule has 0 unspecified atom stereocenters. The molecule has 1 fully saturated rings. The third kappa shape index (κ3) is 4.63. The molecule has 1 aromatic rings. The van der Waals surface area contributed by atoms with Crippen molar-refractivity contribution in [1.29, 1.82) is 0 Å². The lowest BCUT2D eigenvalue weighted by atomic mass is 10.1. The first kappa shape index (κ1) is 18.7. The molecular formula is C19H26Cl2N6. The normalized spacial score (nSPS) is 20.4. The molecule has 5 N–H and O–H groups in total. The van der Waals surface area contributed by atoms with Gasteiger partial charge in [0.1, 0.15) is 5.82 Å². The van der Waals surface area contributed by atoms with E-state index in [1.165, 1.54) is 12.8 Å². The number of hydrazine groups is 1. The zero-order chi connectivity index (χ0) is 18.6. The molecule has 0 amide bonds. The monoisotopic (exact) mass is 408 g/mol. The van der Waals surface area contributed by atoms with Crippen LogP contribution in [0.1, 0.15) is 18.4 Å². The van der Waals surface area contributed by atoms with E-state index in [-0.39, 0.29) is 0 Å².